The highest BCUT2D eigenvalue weighted by molar-refractivity contribution is 6.30. The summed E-state index contributed by atoms with van der Waals surface area (Å²) >= 11 is 5.83. The van der Waals surface area contributed by atoms with Crippen LogP contribution in [0.25, 0.3) is 5.69 Å². The first-order valence-corrected chi connectivity index (χ1v) is 5.35. The van der Waals surface area contributed by atoms with Crippen molar-refractivity contribution >= 4 is 11.6 Å². The second-order valence-corrected chi connectivity index (χ2v) is 4.29. The van der Waals surface area contributed by atoms with E-state index in [0.717, 1.165) is 10.7 Å². The molecule has 1 aromatic heterocycles. The molecular formula is C12H13ClN2. The summed E-state index contributed by atoms with van der Waals surface area (Å²) in [5.74, 6) is 0.506. The van der Waals surface area contributed by atoms with Crippen LogP contribution in [0.15, 0.2) is 36.7 Å². The molecule has 0 amide bonds. The molecule has 0 spiro atoms. The van der Waals surface area contributed by atoms with Gasteiger partial charge >= 0.3 is 0 Å². The summed E-state index contributed by atoms with van der Waals surface area (Å²) in [4.78, 5) is 0. The lowest BCUT2D eigenvalue weighted by molar-refractivity contribution is 0.858. The van der Waals surface area contributed by atoms with E-state index in [1.54, 1.807) is 0 Å². The van der Waals surface area contributed by atoms with Crippen LogP contribution in [0.4, 0.5) is 0 Å². The molecule has 0 N–H and O–H groups in total. The molecule has 78 valence electrons. The molecule has 0 aliphatic carbocycles. The van der Waals surface area contributed by atoms with Crippen molar-refractivity contribution < 1.29 is 0 Å². The predicted octanol–water partition coefficient (Wildman–Crippen LogP) is 3.65. The highest BCUT2D eigenvalue weighted by Gasteiger charge is 2.03. The summed E-state index contributed by atoms with van der Waals surface area (Å²) < 4.78 is 1.87. The molecule has 1 heterocycles. The van der Waals surface area contributed by atoms with Crippen LogP contribution in [0.3, 0.4) is 0 Å². The van der Waals surface area contributed by atoms with Crippen molar-refractivity contribution in [3.8, 4) is 5.69 Å². The van der Waals surface area contributed by atoms with E-state index in [1.807, 2.05) is 41.3 Å². The molecule has 1 aromatic carbocycles. The Hall–Kier alpha value is -1.28. The number of hydrogen-bond donors (Lipinski definition) is 0. The third kappa shape index (κ3) is 2.21. The molecule has 0 fully saturated rings. The zero-order valence-corrected chi connectivity index (χ0v) is 9.57. The van der Waals surface area contributed by atoms with Crippen molar-refractivity contribution in [1.29, 1.82) is 0 Å². The topological polar surface area (TPSA) is 17.8 Å². The number of aromatic nitrogens is 2. The van der Waals surface area contributed by atoms with E-state index in [1.165, 1.54) is 5.56 Å². The molecule has 2 aromatic rings. The van der Waals surface area contributed by atoms with Gasteiger partial charge in [0.25, 0.3) is 0 Å². The maximum Gasteiger partial charge on any atom is 0.0646 e. The monoisotopic (exact) mass is 220 g/mol. The summed E-state index contributed by atoms with van der Waals surface area (Å²) in [5, 5.41) is 5.06. The summed E-state index contributed by atoms with van der Waals surface area (Å²) in [7, 11) is 0. The van der Waals surface area contributed by atoms with Gasteiger partial charge in [-0.2, -0.15) is 5.10 Å². The molecule has 0 unspecified atom stereocenters. The Bertz CT molecular complexity index is 443. The molecule has 0 saturated carbocycles. The molecule has 3 heteroatoms. The fourth-order valence-corrected chi connectivity index (χ4v) is 1.50. The van der Waals surface area contributed by atoms with Gasteiger partial charge in [0.1, 0.15) is 0 Å². The molecule has 2 nitrogen and oxygen atoms in total. The Labute approximate surface area is 94.5 Å². The quantitative estimate of drug-likeness (QED) is 0.756. The normalized spacial score (nSPS) is 10.9. The number of rotatable bonds is 2. The largest absolute Gasteiger partial charge is 0.241 e. The maximum atomic E-state index is 5.83. The van der Waals surface area contributed by atoms with Crippen molar-refractivity contribution in [1.82, 2.24) is 9.78 Å². The molecule has 0 radical (unpaired) electrons. The number of halogens is 1. The van der Waals surface area contributed by atoms with E-state index in [2.05, 4.69) is 18.9 Å². The summed E-state index contributed by atoms with van der Waals surface area (Å²) in [6.07, 6.45) is 3.95. The average molecular weight is 221 g/mol. The first-order valence-electron chi connectivity index (χ1n) is 4.97. The van der Waals surface area contributed by atoms with Crippen LogP contribution in [0.5, 0.6) is 0 Å². The Morgan fingerprint density at radius 1 is 1.20 bits per heavy atom. The van der Waals surface area contributed by atoms with E-state index >= 15 is 0 Å². The number of nitrogens with zero attached hydrogens (tertiary/aromatic N) is 2. The Kier molecular flexibility index (Phi) is 2.78. The van der Waals surface area contributed by atoms with E-state index in [-0.39, 0.29) is 0 Å². The average Bonchev–Trinajstić information content (AvgIpc) is 2.68. The van der Waals surface area contributed by atoms with Gasteiger partial charge in [-0.25, -0.2) is 4.68 Å². The lowest BCUT2D eigenvalue weighted by atomic mass is 10.1. The maximum absolute atomic E-state index is 5.83. The van der Waals surface area contributed by atoms with Crippen LogP contribution in [0.1, 0.15) is 25.3 Å². The lowest BCUT2D eigenvalue weighted by Crippen LogP contribution is -1.93. The fourth-order valence-electron chi connectivity index (χ4n) is 1.37. The summed E-state index contributed by atoms with van der Waals surface area (Å²) in [5.41, 5.74) is 2.27. The van der Waals surface area contributed by atoms with Crippen molar-refractivity contribution in [3.63, 3.8) is 0 Å². The Balaban J connectivity index is 2.33. The smallest absolute Gasteiger partial charge is 0.0646 e. The van der Waals surface area contributed by atoms with Gasteiger partial charge in [-0.05, 0) is 35.7 Å². The minimum Gasteiger partial charge on any atom is -0.241 e. The molecule has 0 saturated heterocycles. The van der Waals surface area contributed by atoms with Crippen molar-refractivity contribution in [2.24, 2.45) is 0 Å². The molecule has 0 atom stereocenters. The zero-order chi connectivity index (χ0) is 10.8. The summed E-state index contributed by atoms with van der Waals surface area (Å²) in [6.45, 7) is 4.31. The molecule has 0 aliphatic rings. The highest BCUT2D eigenvalue weighted by Crippen LogP contribution is 2.17. The molecular weight excluding hydrogens is 208 g/mol. The van der Waals surface area contributed by atoms with Gasteiger partial charge in [0, 0.05) is 11.2 Å². The number of benzene rings is 1. The van der Waals surface area contributed by atoms with E-state index in [0.29, 0.717) is 5.92 Å². The molecule has 15 heavy (non-hydrogen) atoms. The highest BCUT2D eigenvalue weighted by atomic mass is 35.5. The van der Waals surface area contributed by atoms with Crippen LogP contribution in [-0.2, 0) is 0 Å². The third-order valence-electron chi connectivity index (χ3n) is 2.36. The SMILES string of the molecule is CC(C)c1cnn(-c2ccc(Cl)cc2)c1. The molecule has 2 rings (SSSR count). The predicted molar refractivity (Wildman–Crippen MR) is 62.7 cm³/mol. The molecule has 0 aliphatic heterocycles. The van der Waals surface area contributed by atoms with E-state index < -0.39 is 0 Å². The van der Waals surface area contributed by atoms with Gasteiger partial charge in [-0.15, -0.1) is 0 Å². The second-order valence-electron chi connectivity index (χ2n) is 3.85. The van der Waals surface area contributed by atoms with Crippen LogP contribution < -0.4 is 0 Å². The zero-order valence-electron chi connectivity index (χ0n) is 8.81. The Morgan fingerprint density at radius 2 is 1.87 bits per heavy atom. The first-order chi connectivity index (χ1) is 7.16. The minimum atomic E-state index is 0.506. The van der Waals surface area contributed by atoms with Gasteiger partial charge in [0.2, 0.25) is 0 Å². The van der Waals surface area contributed by atoms with Crippen LogP contribution in [-0.4, -0.2) is 9.78 Å². The van der Waals surface area contributed by atoms with Crippen LogP contribution in [0.2, 0.25) is 5.02 Å². The van der Waals surface area contributed by atoms with E-state index in [4.69, 9.17) is 11.6 Å². The lowest BCUT2D eigenvalue weighted by Gasteiger charge is -2.01. The van der Waals surface area contributed by atoms with Crippen LogP contribution >= 0.6 is 11.6 Å². The van der Waals surface area contributed by atoms with Crippen LogP contribution in [0, 0.1) is 0 Å². The third-order valence-corrected chi connectivity index (χ3v) is 2.61. The number of hydrogen-bond acceptors (Lipinski definition) is 1. The van der Waals surface area contributed by atoms with Crippen molar-refractivity contribution in [3.05, 3.63) is 47.2 Å². The van der Waals surface area contributed by atoms with Gasteiger partial charge in [0.15, 0.2) is 0 Å². The Morgan fingerprint density at radius 3 is 2.40 bits per heavy atom. The van der Waals surface area contributed by atoms with Crippen molar-refractivity contribution in [2.45, 2.75) is 19.8 Å². The summed E-state index contributed by atoms with van der Waals surface area (Å²) in [6, 6.07) is 7.65. The fraction of sp³-hybridized carbons (Fsp3) is 0.250. The second kappa shape index (κ2) is 4.07. The van der Waals surface area contributed by atoms with Gasteiger partial charge in [-0.3, -0.25) is 0 Å². The van der Waals surface area contributed by atoms with Gasteiger partial charge < -0.3 is 0 Å². The minimum absolute atomic E-state index is 0.506. The standard InChI is InChI=1S/C12H13ClN2/c1-9(2)10-7-14-15(8-10)12-5-3-11(13)4-6-12/h3-9H,1-2H3. The van der Waals surface area contributed by atoms with Crippen molar-refractivity contribution in [2.75, 3.05) is 0 Å². The first kappa shape index (κ1) is 10.2. The molecule has 0 bridgehead atoms. The van der Waals surface area contributed by atoms with Gasteiger partial charge in [0.05, 0.1) is 11.9 Å². The van der Waals surface area contributed by atoms with E-state index in [9.17, 15) is 0 Å². The van der Waals surface area contributed by atoms with Gasteiger partial charge in [-0.1, -0.05) is 25.4 Å².